The number of nitrogens with one attached hydrogen (secondary N) is 3. The number of ether oxygens (including phenoxy) is 3. The van der Waals surface area contributed by atoms with E-state index in [0.29, 0.717) is 13.1 Å². The van der Waals surface area contributed by atoms with Gasteiger partial charge in [0.2, 0.25) is 0 Å². The Bertz CT molecular complexity index is 4020. The molecule has 529 valence electrons. The Morgan fingerprint density at radius 3 is 1.30 bits per heavy atom. The Kier molecular flexibility index (Phi) is 25.3. The van der Waals surface area contributed by atoms with Gasteiger partial charge in [0.15, 0.2) is 0 Å². The van der Waals surface area contributed by atoms with Crippen molar-refractivity contribution in [2.45, 2.75) is 214 Å². The van der Waals surface area contributed by atoms with Crippen molar-refractivity contribution in [2.75, 3.05) is 19.6 Å². The van der Waals surface area contributed by atoms with E-state index < -0.39 is 53.4 Å². The molecule has 13 rings (SSSR count). The molecular weight excluding hydrogens is 1810 g/mol. The van der Waals surface area contributed by atoms with Gasteiger partial charge in [0.05, 0.1) is 83.0 Å². The first-order valence-electron chi connectivity index (χ1n) is 33.2. The van der Waals surface area contributed by atoms with Gasteiger partial charge in [0, 0.05) is 67.3 Å². The molecule has 0 bridgehead atoms. The van der Waals surface area contributed by atoms with Gasteiger partial charge in [-0.3, -0.25) is 14.7 Å². The Morgan fingerprint density at radius 1 is 0.505 bits per heavy atom. The van der Waals surface area contributed by atoms with Gasteiger partial charge in [-0.1, -0.05) is 42.5 Å². The number of furan rings is 2. The van der Waals surface area contributed by atoms with Crippen molar-refractivity contribution in [3.05, 3.63) is 114 Å². The van der Waals surface area contributed by atoms with E-state index in [0.717, 1.165) is 134 Å². The third-order valence-corrected chi connectivity index (χ3v) is 18.9. The first-order chi connectivity index (χ1) is 45.8. The minimum absolute atomic E-state index is 0. The van der Waals surface area contributed by atoms with Crippen LogP contribution >= 0.6 is 75.9 Å². The molecule has 3 amide bonds. The fraction of sp³-hybridized carbons (Fsp3) is 0.514. The number of fused-ring (bicyclic) bond motifs is 2. The molecule has 0 aliphatic carbocycles. The molecule has 0 saturated carbocycles. The monoisotopic (exact) mass is 1900 g/mol. The molecule has 99 heavy (non-hydrogen) atoms. The maximum Gasteiger partial charge on any atom is 0 e. The zero-order chi connectivity index (χ0) is 71.2. The molecule has 3 N–H and O–H groups in total. The van der Waals surface area contributed by atoms with Crippen LogP contribution in [0.3, 0.4) is 0 Å². The number of likely N-dealkylation sites (tertiary alicyclic amines) is 3. The van der Waals surface area contributed by atoms with E-state index in [2.05, 4.69) is 164 Å². The van der Waals surface area contributed by atoms with E-state index in [1.165, 1.54) is 0 Å². The number of hydrogen-bond donors (Lipinski definition) is 3. The molecule has 8 aromatic rings. The molecule has 3 atom stereocenters. The molecule has 5 saturated heterocycles. The van der Waals surface area contributed by atoms with Crippen LogP contribution in [0.25, 0.3) is 55.6 Å². The second-order valence-corrected chi connectivity index (χ2v) is 66.4. The number of H-pyrrole nitrogens is 3. The maximum atomic E-state index is 12.9. The van der Waals surface area contributed by atoms with Gasteiger partial charge in [0.25, 0.3) is 0 Å². The van der Waals surface area contributed by atoms with Crippen LogP contribution in [-0.2, 0) is 37.7 Å². The molecule has 5 aromatic heterocycles. The smallest absolute Gasteiger partial charge is 0 e. The Morgan fingerprint density at radius 2 is 0.869 bits per heavy atom. The van der Waals surface area contributed by atoms with E-state index >= 15 is 0 Å². The average Bonchev–Trinajstić information content (AvgIpc) is 1.62. The minimum atomic E-state index is -0.559. The second kappa shape index (κ2) is 31.5. The third-order valence-electron chi connectivity index (χ3n) is 18.5. The quantitative estimate of drug-likeness (QED) is 0.0728. The third kappa shape index (κ3) is 18.9. The summed E-state index contributed by atoms with van der Waals surface area (Å²) < 4.78 is 54.3. The molecule has 5 aliphatic rings. The van der Waals surface area contributed by atoms with Gasteiger partial charge in [0.1, 0.15) is 50.0 Å². The average molecular weight is 1900 g/mol. The number of hydrogen-bond acceptors (Lipinski definition) is 15. The van der Waals surface area contributed by atoms with Crippen LogP contribution in [-0.4, -0.2) is 162 Å². The van der Waals surface area contributed by atoms with Crippen LogP contribution in [0, 0.1) is 0 Å². The summed E-state index contributed by atoms with van der Waals surface area (Å²) >= 11 is 10.7. The Labute approximate surface area is 646 Å². The maximum absolute atomic E-state index is 12.9. The summed E-state index contributed by atoms with van der Waals surface area (Å²) in [6, 6.07) is 20.1. The molecule has 3 aromatic carbocycles. The summed E-state index contributed by atoms with van der Waals surface area (Å²) in [4.78, 5) is 66.5. The van der Waals surface area contributed by atoms with E-state index in [1.807, 2.05) is 133 Å². The second-order valence-electron chi connectivity index (χ2n) is 30.2. The molecule has 3 radical (unpaired) electrons. The fourth-order valence-corrected chi connectivity index (χ4v) is 12.6. The predicted octanol–water partition coefficient (Wildman–Crippen LogP) is 17.6. The normalized spacial score (nSPS) is 20.1. The summed E-state index contributed by atoms with van der Waals surface area (Å²) in [6.45, 7) is 35.3. The van der Waals surface area contributed by atoms with Gasteiger partial charge in [-0.2, -0.15) is 0 Å². The van der Waals surface area contributed by atoms with Crippen LogP contribution in [0.4, 0.5) is 14.4 Å². The first kappa shape index (κ1) is 79.4. The van der Waals surface area contributed by atoms with Gasteiger partial charge >= 0.3 is 97.4 Å². The minimum Gasteiger partial charge on any atom is 0 e. The van der Waals surface area contributed by atoms with Crippen LogP contribution in [0.1, 0.15) is 192 Å². The van der Waals surface area contributed by atoms with Crippen LogP contribution in [0.15, 0.2) is 105 Å². The van der Waals surface area contributed by atoms with Gasteiger partial charge in [-0.05, 0) is 213 Å². The topological polar surface area (TPSA) is 238 Å². The number of aromatic amines is 3. The summed E-state index contributed by atoms with van der Waals surface area (Å²) in [7, 11) is -0.918. The molecule has 10 heterocycles. The molecule has 21 nitrogen and oxygen atoms in total. The molecule has 0 spiro atoms. The van der Waals surface area contributed by atoms with Gasteiger partial charge in [-0.15, -0.1) is 0 Å². The molecule has 29 heteroatoms. The van der Waals surface area contributed by atoms with Crippen molar-refractivity contribution < 1.29 is 61.0 Å². The van der Waals surface area contributed by atoms with Crippen molar-refractivity contribution >= 4 is 167 Å². The Hall–Kier alpha value is -3.73. The summed E-state index contributed by atoms with van der Waals surface area (Å²) in [5.74, 6) is 2.32. The van der Waals surface area contributed by atoms with Crippen molar-refractivity contribution in [1.82, 2.24) is 44.6 Å². The van der Waals surface area contributed by atoms with E-state index in [-0.39, 0.29) is 67.2 Å². The SMILES string of the molecule is CC(C)(C)OC(=O)N1CCC[C@H]1c1ncc(-c2ccc(-c3ccc(-c4cnc([C@@H]5CCCN5C(=O)OC(C)(C)C)[nH]4)c4occc34)cc2)[nH]1.CC(C)(C)OC(=O)N1CCC[C@H]1c1ncc(Br)[nH]1.CC1(C)OB(c2ccc(B3OC(C)(C)C(C)(C)O3)c3occc23)OC1(C)C.[I][V]([I])[I].[In]. The summed E-state index contributed by atoms with van der Waals surface area (Å²) in [5, 5.41) is 1.95. The van der Waals surface area contributed by atoms with Crippen molar-refractivity contribution in [3.8, 4) is 33.6 Å². The van der Waals surface area contributed by atoms with E-state index in [1.54, 1.807) is 33.4 Å². The number of aromatic nitrogens is 6. The predicted molar refractivity (Wildman–Crippen MR) is 413 cm³/mol. The largest absolute Gasteiger partial charge is 0 e. The molecular formula is C70H90B2BrI3InN9O12V. The number of carbonyl (C=O) groups is 3. The number of benzene rings is 3. The molecule has 5 aliphatic heterocycles. The molecule has 0 unspecified atom stereocenters. The number of halogens is 4. The number of amides is 3. The first-order valence-corrected chi connectivity index (χ1v) is 47.5. The standard InChI is InChI=1S/C38H44N6O5.C20H28B2O5.C12H18BrN3O2.3HI.In.V/c1-37(2,3)48-35(45)43-18-7-9-30(43)33-39-21-28(41-33)24-13-11-23(12-14-24)25-15-16-27(32-26(25)17-20-47-32)29-22-40-34(42-29)31-10-8-19-44(31)36(46)49-38(4,5)6;1-17(2)18(3,4)25-21(24-17)14-9-10-15(16-13(14)11-12-23-16)22-26-19(5,6)20(7,8)27-22;1-12(2,3)18-11(17)16-6-4-5-8(16)10-14-7-9(13)15-10;;;;;/h11-17,20-22,30-31H,7-10,18-19H2,1-6H3,(H,39,41)(H,40,42);9-12H,1-8H3;7-8H,4-6H2,1-3H3,(H,14,15);3*1H;;/q;;;;;;;+3/p-3/t30-,31-;;8-;;;;;/m0.0...../s1. The van der Waals surface area contributed by atoms with E-state index in [4.69, 9.17) is 41.7 Å². The zero-order valence-electron chi connectivity index (χ0n) is 59.5. The number of rotatable bonds is 8. The number of carbonyl (C=O) groups excluding carboxylic acids is 3. The Balaban J connectivity index is 0.000000191. The van der Waals surface area contributed by atoms with Crippen molar-refractivity contribution in [3.63, 3.8) is 0 Å². The summed E-state index contributed by atoms with van der Waals surface area (Å²) in [5.41, 5.74) is 5.92. The number of nitrogens with zero attached hydrogens (tertiary/aromatic N) is 6. The van der Waals surface area contributed by atoms with Crippen LogP contribution in [0.5, 0.6) is 0 Å². The van der Waals surface area contributed by atoms with Gasteiger partial charge in [-0.25, -0.2) is 29.3 Å². The summed E-state index contributed by atoms with van der Waals surface area (Å²) in [6.07, 6.45) is 13.2. The van der Waals surface area contributed by atoms with Crippen LogP contribution in [0.2, 0.25) is 0 Å². The number of imidazole rings is 3. The van der Waals surface area contributed by atoms with Crippen LogP contribution < -0.4 is 10.9 Å². The van der Waals surface area contributed by atoms with E-state index in [9.17, 15) is 14.4 Å². The van der Waals surface area contributed by atoms with Crippen molar-refractivity contribution in [1.29, 1.82) is 0 Å². The van der Waals surface area contributed by atoms with Crippen molar-refractivity contribution in [2.24, 2.45) is 0 Å². The zero-order valence-corrected chi connectivity index (χ0v) is 72.3. The van der Waals surface area contributed by atoms with Gasteiger partial charge < -0.3 is 56.6 Å². The fourth-order valence-electron chi connectivity index (χ4n) is 12.3. The molecule has 5 fully saturated rings.